The number of halogens is 1. The van der Waals surface area contributed by atoms with Crippen molar-refractivity contribution in [3.05, 3.63) is 58.1 Å². The first-order valence-electron chi connectivity index (χ1n) is 9.09. The minimum Gasteiger partial charge on any atom is -0.503 e. The number of urea groups is 1. The molecular weight excluding hydrogens is 412 g/mol. The van der Waals surface area contributed by atoms with Gasteiger partial charge < -0.3 is 30.0 Å². The fourth-order valence-corrected chi connectivity index (χ4v) is 3.43. The van der Waals surface area contributed by atoms with Crippen LogP contribution < -0.4 is 20.1 Å². The van der Waals surface area contributed by atoms with Crippen LogP contribution in [-0.4, -0.2) is 37.9 Å². The van der Waals surface area contributed by atoms with Crippen LogP contribution in [0.1, 0.15) is 24.1 Å². The highest BCUT2D eigenvalue weighted by Crippen LogP contribution is 2.42. The summed E-state index contributed by atoms with van der Waals surface area (Å²) in [6, 6.07) is 8.42. The maximum absolute atomic E-state index is 12.9. The standard InChI is InChI=1S/C21H21ClN2O6/c1-4-30-20(26)15-17(11-5-7-12(28-2)8-6-11)23-21(27)24-18(15)13-9-10-14(29-3)19(25)16(13)22/h5-10,18,25H,4H2,1-3H3,(H2,23,24,27). The third kappa shape index (κ3) is 3.99. The molecule has 0 spiro atoms. The number of carbonyl (C=O) groups excluding carboxylic acids is 2. The fourth-order valence-electron chi connectivity index (χ4n) is 3.16. The van der Waals surface area contributed by atoms with Crippen LogP contribution in [0, 0.1) is 0 Å². The van der Waals surface area contributed by atoms with Gasteiger partial charge in [0.2, 0.25) is 0 Å². The lowest BCUT2D eigenvalue weighted by Gasteiger charge is -2.30. The maximum atomic E-state index is 12.9. The predicted octanol–water partition coefficient (Wildman–Crippen LogP) is 3.39. The molecule has 0 saturated heterocycles. The van der Waals surface area contributed by atoms with Crippen LogP contribution in [0.25, 0.3) is 5.70 Å². The summed E-state index contributed by atoms with van der Waals surface area (Å²) in [5, 5.41) is 15.6. The van der Waals surface area contributed by atoms with Crippen molar-refractivity contribution in [2.45, 2.75) is 13.0 Å². The zero-order chi connectivity index (χ0) is 21.8. The third-order valence-corrected chi connectivity index (χ3v) is 4.98. The van der Waals surface area contributed by atoms with Crippen LogP contribution >= 0.6 is 11.6 Å². The smallest absolute Gasteiger partial charge is 0.338 e. The molecule has 0 aliphatic carbocycles. The van der Waals surface area contributed by atoms with Crippen molar-refractivity contribution in [3.63, 3.8) is 0 Å². The van der Waals surface area contributed by atoms with Gasteiger partial charge in [-0.25, -0.2) is 9.59 Å². The Bertz CT molecular complexity index is 1000. The van der Waals surface area contributed by atoms with E-state index in [0.717, 1.165) is 0 Å². The van der Waals surface area contributed by atoms with Gasteiger partial charge in [0, 0.05) is 5.56 Å². The molecule has 2 amide bonds. The summed E-state index contributed by atoms with van der Waals surface area (Å²) in [7, 11) is 2.93. The second-order valence-electron chi connectivity index (χ2n) is 6.29. The Labute approximate surface area is 178 Å². The number of benzene rings is 2. The lowest BCUT2D eigenvalue weighted by molar-refractivity contribution is -0.138. The number of amides is 2. The monoisotopic (exact) mass is 432 g/mol. The van der Waals surface area contributed by atoms with E-state index in [9.17, 15) is 14.7 Å². The van der Waals surface area contributed by atoms with E-state index in [0.29, 0.717) is 16.9 Å². The molecule has 158 valence electrons. The average Bonchev–Trinajstić information content (AvgIpc) is 2.75. The van der Waals surface area contributed by atoms with Crippen molar-refractivity contribution in [1.29, 1.82) is 0 Å². The van der Waals surface area contributed by atoms with Gasteiger partial charge in [0.25, 0.3) is 0 Å². The lowest BCUT2D eigenvalue weighted by atomic mass is 9.92. The fraction of sp³-hybridized carbons (Fsp3) is 0.238. The molecule has 0 radical (unpaired) electrons. The molecule has 1 aliphatic rings. The molecule has 0 saturated carbocycles. The number of nitrogens with one attached hydrogen (secondary N) is 2. The van der Waals surface area contributed by atoms with Gasteiger partial charge in [-0.2, -0.15) is 0 Å². The summed E-state index contributed by atoms with van der Waals surface area (Å²) >= 11 is 6.35. The normalized spacial score (nSPS) is 15.9. The first-order chi connectivity index (χ1) is 14.4. The van der Waals surface area contributed by atoms with Gasteiger partial charge in [0.15, 0.2) is 11.5 Å². The second kappa shape index (κ2) is 8.96. The highest BCUT2D eigenvalue weighted by Gasteiger charge is 2.36. The molecule has 2 aromatic rings. The molecule has 1 atom stereocenters. The van der Waals surface area contributed by atoms with E-state index in [4.69, 9.17) is 25.8 Å². The maximum Gasteiger partial charge on any atom is 0.338 e. The topological polar surface area (TPSA) is 106 Å². The quantitative estimate of drug-likeness (QED) is 0.604. The highest BCUT2D eigenvalue weighted by molar-refractivity contribution is 6.33. The summed E-state index contributed by atoms with van der Waals surface area (Å²) in [6.45, 7) is 1.82. The van der Waals surface area contributed by atoms with E-state index in [-0.39, 0.29) is 34.4 Å². The van der Waals surface area contributed by atoms with E-state index in [1.54, 1.807) is 44.4 Å². The van der Waals surface area contributed by atoms with E-state index in [2.05, 4.69) is 10.6 Å². The molecule has 0 fully saturated rings. The summed E-state index contributed by atoms with van der Waals surface area (Å²) in [4.78, 5) is 25.3. The summed E-state index contributed by atoms with van der Waals surface area (Å²) in [5.74, 6) is -0.135. The molecule has 1 unspecified atom stereocenters. The average molecular weight is 433 g/mol. The lowest BCUT2D eigenvalue weighted by Crippen LogP contribution is -2.45. The van der Waals surface area contributed by atoms with Crippen LogP contribution in [0.15, 0.2) is 42.0 Å². The van der Waals surface area contributed by atoms with E-state index >= 15 is 0 Å². The molecule has 2 aromatic carbocycles. The first-order valence-corrected chi connectivity index (χ1v) is 9.47. The number of methoxy groups -OCH3 is 2. The molecular formula is C21H21ClN2O6. The molecule has 8 nitrogen and oxygen atoms in total. The van der Waals surface area contributed by atoms with Crippen molar-refractivity contribution in [3.8, 4) is 17.2 Å². The van der Waals surface area contributed by atoms with Gasteiger partial charge in [-0.05, 0) is 42.8 Å². The largest absolute Gasteiger partial charge is 0.503 e. The molecule has 9 heteroatoms. The Balaban J connectivity index is 2.21. The molecule has 0 aromatic heterocycles. The minimum atomic E-state index is -0.959. The highest BCUT2D eigenvalue weighted by atomic mass is 35.5. The zero-order valence-corrected chi connectivity index (χ0v) is 17.4. The molecule has 3 N–H and O–H groups in total. The van der Waals surface area contributed by atoms with Gasteiger partial charge in [0.1, 0.15) is 5.75 Å². The number of phenols is 1. The van der Waals surface area contributed by atoms with Crippen LogP contribution in [-0.2, 0) is 9.53 Å². The minimum absolute atomic E-state index is 0.0440. The number of hydrogen-bond donors (Lipinski definition) is 3. The molecule has 1 aliphatic heterocycles. The summed E-state index contributed by atoms with van der Waals surface area (Å²) in [5.41, 5.74) is 1.32. The molecule has 30 heavy (non-hydrogen) atoms. The number of esters is 1. The van der Waals surface area contributed by atoms with E-state index in [1.807, 2.05) is 0 Å². The van der Waals surface area contributed by atoms with Crippen molar-refractivity contribution in [2.75, 3.05) is 20.8 Å². The predicted molar refractivity (Wildman–Crippen MR) is 111 cm³/mol. The van der Waals surface area contributed by atoms with Gasteiger partial charge in [-0.1, -0.05) is 17.7 Å². The Kier molecular flexibility index (Phi) is 6.37. The SMILES string of the molecule is CCOC(=O)C1=C(c2ccc(OC)cc2)NC(=O)NC1c1ccc(OC)c(O)c1Cl. The Morgan fingerprint density at radius 1 is 1.13 bits per heavy atom. The van der Waals surface area contributed by atoms with Crippen molar-refractivity contribution >= 4 is 29.3 Å². The van der Waals surface area contributed by atoms with Crippen LogP contribution in [0.4, 0.5) is 4.79 Å². The van der Waals surface area contributed by atoms with Gasteiger partial charge in [-0.3, -0.25) is 0 Å². The number of ether oxygens (including phenoxy) is 3. The van der Waals surface area contributed by atoms with Crippen LogP contribution in [0.2, 0.25) is 5.02 Å². The van der Waals surface area contributed by atoms with E-state index in [1.165, 1.54) is 13.2 Å². The number of carbonyl (C=O) groups is 2. The molecule has 3 rings (SSSR count). The van der Waals surface area contributed by atoms with Gasteiger partial charge in [0.05, 0.1) is 43.2 Å². The molecule has 0 bridgehead atoms. The number of hydrogen-bond acceptors (Lipinski definition) is 6. The Hall–Kier alpha value is -3.39. The van der Waals surface area contributed by atoms with E-state index < -0.39 is 18.0 Å². The number of rotatable bonds is 6. The second-order valence-corrected chi connectivity index (χ2v) is 6.67. The summed E-state index contributed by atoms with van der Waals surface area (Å²) in [6.07, 6.45) is 0. The molecule has 1 heterocycles. The van der Waals surface area contributed by atoms with Crippen LogP contribution in [0.5, 0.6) is 17.2 Å². The van der Waals surface area contributed by atoms with Gasteiger partial charge >= 0.3 is 12.0 Å². The van der Waals surface area contributed by atoms with Gasteiger partial charge in [-0.15, -0.1) is 0 Å². The Morgan fingerprint density at radius 2 is 1.83 bits per heavy atom. The summed E-state index contributed by atoms with van der Waals surface area (Å²) < 4.78 is 15.5. The number of aromatic hydroxyl groups is 1. The van der Waals surface area contributed by atoms with Crippen molar-refractivity contribution < 1.29 is 28.9 Å². The Morgan fingerprint density at radius 3 is 2.43 bits per heavy atom. The van der Waals surface area contributed by atoms with Crippen molar-refractivity contribution in [1.82, 2.24) is 10.6 Å². The number of phenolic OH excluding ortho intramolecular Hbond substituents is 1. The third-order valence-electron chi connectivity index (χ3n) is 4.59. The van der Waals surface area contributed by atoms with Crippen molar-refractivity contribution in [2.24, 2.45) is 0 Å². The first kappa shape index (κ1) is 21.3. The zero-order valence-electron chi connectivity index (χ0n) is 16.6. The van der Waals surface area contributed by atoms with Crippen LogP contribution in [0.3, 0.4) is 0 Å².